The second kappa shape index (κ2) is 10.2. The highest BCUT2D eigenvalue weighted by Gasteiger charge is 2.19. The van der Waals surface area contributed by atoms with Crippen LogP contribution in [0.15, 0.2) is 41.6 Å². The number of aromatic nitrogens is 4. The second-order valence-electron chi connectivity index (χ2n) is 8.39. The summed E-state index contributed by atoms with van der Waals surface area (Å²) in [5.74, 6) is 1.73. The summed E-state index contributed by atoms with van der Waals surface area (Å²) >= 11 is 1.34. The molecule has 1 amide bonds. The highest BCUT2D eigenvalue weighted by Crippen LogP contribution is 2.28. The van der Waals surface area contributed by atoms with Crippen LogP contribution in [0.4, 0.5) is 0 Å². The number of hydrogen-bond acceptors (Lipinski definition) is 5. The molecule has 0 unspecified atom stereocenters. The Kier molecular flexibility index (Phi) is 7.09. The van der Waals surface area contributed by atoms with Gasteiger partial charge in [-0.1, -0.05) is 55.6 Å². The van der Waals surface area contributed by atoms with Crippen LogP contribution >= 0.6 is 11.8 Å². The summed E-state index contributed by atoms with van der Waals surface area (Å²) in [6.45, 7) is 3.71. The summed E-state index contributed by atoms with van der Waals surface area (Å²) in [6.07, 6.45) is 7.41. The molecule has 7 nitrogen and oxygen atoms in total. The van der Waals surface area contributed by atoms with Crippen molar-refractivity contribution in [3.05, 3.63) is 64.7 Å². The molecule has 2 heterocycles. The molecular weight excluding hydrogens is 422 g/mol. The fraction of sp³-hybridized carbons (Fsp3) is 0.417. The lowest BCUT2D eigenvalue weighted by Crippen LogP contribution is -2.25. The summed E-state index contributed by atoms with van der Waals surface area (Å²) in [4.78, 5) is 29.9. The van der Waals surface area contributed by atoms with Crippen LogP contribution in [0.3, 0.4) is 0 Å². The zero-order chi connectivity index (χ0) is 22.5. The Bertz CT molecular complexity index is 1080. The highest BCUT2D eigenvalue weighted by atomic mass is 32.2. The summed E-state index contributed by atoms with van der Waals surface area (Å²) in [6, 6.07) is 10.8. The van der Waals surface area contributed by atoms with E-state index in [1.54, 1.807) is 16.8 Å². The zero-order valence-corrected chi connectivity index (χ0v) is 19.4. The van der Waals surface area contributed by atoms with E-state index >= 15 is 0 Å². The van der Waals surface area contributed by atoms with Crippen molar-refractivity contribution in [3.8, 4) is 0 Å². The molecule has 3 aromatic rings. The van der Waals surface area contributed by atoms with Crippen LogP contribution in [-0.4, -0.2) is 37.3 Å². The average molecular weight is 452 g/mol. The second-order valence-corrected chi connectivity index (χ2v) is 9.34. The van der Waals surface area contributed by atoms with Crippen molar-refractivity contribution < 1.29 is 9.59 Å². The first-order valence-electron chi connectivity index (χ1n) is 11.1. The van der Waals surface area contributed by atoms with E-state index in [1.165, 1.54) is 37.4 Å². The molecule has 0 bridgehead atoms. The molecule has 168 valence electrons. The van der Waals surface area contributed by atoms with E-state index in [1.807, 2.05) is 38.1 Å². The number of carbonyl (C=O) groups excluding carboxylic acids is 2. The number of hydrogen-bond donors (Lipinski definition) is 2. The number of benzene rings is 1. The first kappa shape index (κ1) is 22.3. The van der Waals surface area contributed by atoms with E-state index in [2.05, 4.69) is 20.6 Å². The van der Waals surface area contributed by atoms with Gasteiger partial charge in [0.15, 0.2) is 5.78 Å². The molecule has 1 aliphatic rings. The molecule has 0 aliphatic heterocycles. The van der Waals surface area contributed by atoms with Gasteiger partial charge in [-0.05, 0) is 44.4 Å². The standard InChI is InChI=1S/C24H29N5O2S/c1-16-14-20(17(2)29(16)28-23(31)19-10-4-3-5-11-19)21(30)15-32-24-25-22(26-27-24)13-12-18-8-6-7-9-18/h3-5,10-11,14,18H,6-9,12-13,15H2,1-2H3,(H,28,31)(H,25,26,27). The number of rotatable bonds is 9. The third kappa shape index (κ3) is 5.30. The Hall–Kier alpha value is -2.87. The van der Waals surface area contributed by atoms with Gasteiger partial charge in [-0.2, -0.15) is 0 Å². The van der Waals surface area contributed by atoms with Gasteiger partial charge in [0.2, 0.25) is 5.16 Å². The molecule has 0 radical (unpaired) electrons. The third-order valence-corrected chi connectivity index (χ3v) is 6.94. The molecule has 0 atom stereocenters. The van der Waals surface area contributed by atoms with Crippen molar-refractivity contribution >= 4 is 23.5 Å². The van der Waals surface area contributed by atoms with Crippen LogP contribution in [0.5, 0.6) is 0 Å². The maximum Gasteiger partial charge on any atom is 0.270 e. The fourth-order valence-corrected chi connectivity index (χ4v) is 4.98. The number of carbonyl (C=O) groups is 2. The normalized spacial score (nSPS) is 14.1. The van der Waals surface area contributed by atoms with Gasteiger partial charge in [-0.25, -0.2) is 4.98 Å². The lowest BCUT2D eigenvalue weighted by molar-refractivity contribution is 0.0999. The van der Waals surface area contributed by atoms with E-state index < -0.39 is 0 Å². The summed E-state index contributed by atoms with van der Waals surface area (Å²) < 4.78 is 1.67. The zero-order valence-electron chi connectivity index (χ0n) is 18.6. The van der Waals surface area contributed by atoms with E-state index in [4.69, 9.17) is 0 Å². The van der Waals surface area contributed by atoms with Gasteiger partial charge in [-0.15, -0.1) is 5.10 Å². The SMILES string of the molecule is Cc1cc(C(=O)CSc2n[nH]c(CCC3CCCC3)n2)c(C)n1NC(=O)c1ccccc1. The maximum absolute atomic E-state index is 12.9. The molecule has 1 saturated carbocycles. The largest absolute Gasteiger partial charge is 0.293 e. The van der Waals surface area contributed by atoms with Crippen LogP contribution in [0, 0.1) is 19.8 Å². The predicted molar refractivity (Wildman–Crippen MR) is 126 cm³/mol. The quantitative estimate of drug-likeness (QED) is 0.363. The Morgan fingerprint density at radius 2 is 1.94 bits per heavy atom. The molecule has 0 spiro atoms. The minimum atomic E-state index is -0.216. The maximum atomic E-state index is 12.9. The van der Waals surface area contributed by atoms with Gasteiger partial charge in [0.25, 0.3) is 5.91 Å². The van der Waals surface area contributed by atoms with E-state index in [-0.39, 0.29) is 17.4 Å². The van der Waals surface area contributed by atoms with Crippen molar-refractivity contribution in [2.45, 2.75) is 57.5 Å². The minimum Gasteiger partial charge on any atom is -0.293 e. The van der Waals surface area contributed by atoms with Gasteiger partial charge < -0.3 is 0 Å². The van der Waals surface area contributed by atoms with Crippen LogP contribution in [-0.2, 0) is 6.42 Å². The lowest BCUT2D eigenvalue weighted by atomic mass is 10.0. The topological polar surface area (TPSA) is 92.7 Å². The first-order valence-corrected chi connectivity index (χ1v) is 12.1. The summed E-state index contributed by atoms with van der Waals surface area (Å²) in [5, 5.41) is 7.87. The number of thioether (sulfide) groups is 1. The van der Waals surface area contributed by atoms with Crippen molar-refractivity contribution in [1.82, 2.24) is 19.9 Å². The van der Waals surface area contributed by atoms with Gasteiger partial charge in [0, 0.05) is 28.9 Å². The molecule has 4 rings (SSSR count). The molecule has 2 aromatic heterocycles. The molecule has 1 fully saturated rings. The van der Waals surface area contributed by atoms with E-state index in [0.717, 1.165) is 30.3 Å². The predicted octanol–water partition coefficient (Wildman–Crippen LogP) is 4.70. The molecule has 0 saturated heterocycles. The summed E-state index contributed by atoms with van der Waals surface area (Å²) in [7, 11) is 0. The monoisotopic (exact) mass is 451 g/mol. The van der Waals surface area contributed by atoms with Gasteiger partial charge in [0.05, 0.1) is 5.75 Å². The smallest absolute Gasteiger partial charge is 0.270 e. The Balaban J connectivity index is 1.33. The van der Waals surface area contributed by atoms with Crippen molar-refractivity contribution in [1.29, 1.82) is 0 Å². The van der Waals surface area contributed by atoms with Gasteiger partial charge >= 0.3 is 0 Å². The molecule has 32 heavy (non-hydrogen) atoms. The van der Waals surface area contributed by atoms with Crippen LogP contribution in [0.1, 0.15) is 70.0 Å². The highest BCUT2D eigenvalue weighted by molar-refractivity contribution is 7.99. The molecular formula is C24H29N5O2S. The Labute approximate surface area is 192 Å². The van der Waals surface area contributed by atoms with Crippen LogP contribution < -0.4 is 5.43 Å². The number of nitrogens with one attached hydrogen (secondary N) is 2. The summed E-state index contributed by atoms with van der Waals surface area (Å²) in [5.41, 5.74) is 5.55. The fourth-order valence-electron chi connectivity index (χ4n) is 4.27. The van der Waals surface area contributed by atoms with E-state index in [0.29, 0.717) is 22.0 Å². The number of Topliss-reactive ketones (excluding diaryl/α,β-unsaturated/α-hetero) is 1. The van der Waals surface area contributed by atoms with Crippen molar-refractivity contribution in [2.75, 3.05) is 11.2 Å². The number of aromatic amines is 1. The number of amides is 1. The van der Waals surface area contributed by atoms with Crippen LogP contribution in [0.2, 0.25) is 0 Å². The molecule has 8 heteroatoms. The average Bonchev–Trinajstić information content (AvgIpc) is 3.54. The number of nitrogens with zero attached hydrogens (tertiary/aromatic N) is 3. The molecule has 1 aliphatic carbocycles. The number of H-pyrrole nitrogens is 1. The Morgan fingerprint density at radius 3 is 2.69 bits per heavy atom. The van der Waals surface area contributed by atoms with Crippen molar-refractivity contribution in [2.24, 2.45) is 5.92 Å². The molecule has 1 aromatic carbocycles. The lowest BCUT2D eigenvalue weighted by Gasteiger charge is -2.11. The third-order valence-electron chi connectivity index (χ3n) is 6.09. The molecule has 2 N–H and O–H groups in total. The first-order chi connectivity index (χ1) is 15.5. The van der Waals surface area contributed by atoms with Gasteiger partial charge in [0.1, 0.15) is 5.82 Å². The number of aryl methyl sites for hydroxylation is 2. The van der Waals surface area contributed by atoms with Crippen LogP contribution in [0.25, 0.3) is 0 Å². The Morgan fingerprint density at radius 1 is 1.19 bits per heavy atom. The van der Waals surface area contributed by atoms with Gasteiger partial charge in [-0.3, -0.25) is 24.8 Å². The van der Waals surface area contributed by atoms with E-state index in [9.17, 15) is 9.59 Å². The number of ketones is 1. The van der Waals surface area contributed by atoms with Crippen molar-refractivity contribution in [3.63, 3.8) is 0 Å². The minimum absolute atomic E-state index is 0.0133.